The van der Waals surface area contributed by atoms with Crippen molar-refractivity contribution in [3.63, 3.8) is 0 Å². The normalized spacial score (nSPS) is 10.6. The number of hydrogen-bond acceptors (Lipinski definition) is 3. The molecular weight excluding hydrogens is 201 g/mol. The van der Waals surface area contributed by atoms with Crippen molar-refractivity contribution < 1.29 is 18.1 Å². The molecule has 0 atom stereocenters. The quantitative estimate of drug-likeness (QED) is 0.424. The zero-order chi connectivity index (χ0) is 10.9. The van der Waals surface area contributed by atoms with E-state index in [0.29, 0.717) is 0 Å². The molecule has 14 heavy (non-hydrogen) atoms. The lowest BCUT2D eigenvalue weighted by Crippen LogP contribution is -2.02. The smallest absolute Gasteiger partial charge is 0.358 e. The van der Waals surface area contributed by atoms with Gasteiger partial charge in [-0.1, -0.05) is 0 Å². The first kappa shape index (κ1) is 10.4. The van der Waals surface area contributed by atoms with E-state index in [2.05, 4.69) is 4.98 Å². The van der Waals surface area contributed by atoms with Crippen LogP contribution >= 0.6 is 0 Å². The third-order valence-electron chi connectivity index (χ3n) is 1.57. The molecule has 4 nitrogen and oxygen atoms in total. The van der Waals surface area contributed by atoms with Crippen LogP contribution in [0.1, 0.15) is 17.6 Å². The van der Waals surface area contributed by atoms with Crippen molar-refractivity contribution in [2.45, 2.75) is 13.3 Å². The van der Waals surface area contributed by atoms with Crippen molar-refractivity contribution in [1.82, 2.24) is 4.98 Å². The Hall–Kier alpha value is -1.66. The molecule has 0 aliphatic heterocycles. The molecule has 0 saturated carbocycles. The fourth-order valence-electron chi connectivity index (χ4n) is 0.910. The molecule has 0 fully saturated rings. The Morgan fingerprint density at radius 1 is 1.57 bits per heavy atom. The predicted octanol–water partition coefficient (Wildman–Crippen LogP) is 2.37. The molecule has 0 aliphatic carbocycles. The summed E-state index contributed by atoms with van der Waals surface area (Å²) in [6.45, 7) is 1.21. The summed E-state index contributed by atoms with van der Waals surface area (Å²) in [5.74, 6) is -2.25. The molecule has 0 radical (unpaired) electrons. The lowest BCUT2D eigenvalue weighted by atomic mass is 10.2. The number of alkyl halides is 2. The van der Waals surface area contributed by atoms with E-state index in [1.54, 1.807) is 0 Å². The molecule has 1 rings (SSSR count). The summed E-state index contributed by atoms with van der Waals surface area (Å²) in [6, 6.07) is 0.727. The minimum Gasteiger partial charge on any atom is -0.358 e. The van der Waals surface area contributed by atoms with Crippen LogP contribution in [0.3, 0.4) is 0 Å². The number of rotatable bonds is 2. The van der Waals surface area contributed by atoms with Gasteiger partial charge in [0.2, 0.25) is 0 Å². The SMILES string of the molecule is Cc1cc(C(F)F)c([N+](=O)[O-])nc1F. The average molecular weight is 206 g/mol. The molecular formula is C7H5F3N2O2. The van der Waals surface area contributed by atoms with Gasteiger partial charge in [-0.3, -0.25) is 0 Å². The highest BCUT2D eigenvalue weighted by atomic mass is 19.3. The molecule has 0 spiro atoms. The number of pyridine rings is 1. The van der Waals surface area contributed by atoms with Gasteiger partial charge < -0.3 is 10.1 Å². The van der Waals surface area contributed by atoms with Crippen LogP contribution in [0.25, 0.3) is 0 Å². The van der Waals surface area contributed by atoms with Crippen molar-refractivity contribution in [3.05, 3.63) is 33.3 Å². The summed E-state index contributed by atoms with van der Waals surface area (Å²) in [7, 11) is 0. The van der Waals surface area contributed by atoms with Crippen molar-refractivity contribution in [1.29, 1.82) is 0 Å². The van der Waals surface area contributed by atoms with Gasteiger partial charge in [-0.25, -0.2) is 8.78 Å². The fourth-order valence-corrected chi connectivity index (χ4v) is 0.910. The molecule has 0 bridgehead atoms. The first-order valence-corrected chi connectivity index (χ1v) is 3.53. The molecule has 7 heteroatoms. The average Bonchev–Trinajstić information content (AvgIpc) is 2.08. The summed E-state index contributed by atoms with van der Waals surface area (Å²) in [4.78, 5) is 11.9. The number of aryl methyl sites for hydroxylation is 1. The summed E-state index contributed by atoms with van der Waals surface area (Å²) >= 11 is 0. The number of hydrogen-bond donors (Lipinski definition) is 0. The minimum atomic E-state index is -3.04. The maximum absolute atomic E-state index is 12.7. The van der Waals surface area contributed by atoms with Crippen LogP contribution in [-0.2, 0) is 0 Å². The third-order valence-corrected chi connectivity index (χ3v) is 1.57. The predicted molar refractivity (Wildman–Crippen MR) is 40.5 cm³/mol. The lowest BCUT2D eigenvalue weighted by Gasteiger charge is -2.01. The van der Waals surface area contributed by atoms with Crippen LogP contribution < -0.4 is 0 Å². The van der Waals surface area contributed by atoms with E-state index in [0.717, 1.165) is 6.07 Å². The second-order valence-corrected chi connectivity index (χ2v) is 2.57. The van der Waals surface area contributed by atoms with Crippen molar-refractivity contribution >= 4 is 5.82 Å². The molecule has 0 N–H and O–H groups in total. The van der Waals surface area contributed by atoms with Gasteiger partial charge in [0, 0.05) is 5.56 Å². The molecule has 1 heterocycles. The van der Waals surface area contributed by atoms with E-state index in [1.165, 1.54) is 6.92 Å². The Morgan fingerprint density at radius 2 is 2.14 bits per heavy atom. The van der Waals surface area contributed by atoms with Crippen molar-refractivity contribution in [2.75, 3.05) is 0 Å². The molecule has 76 valence electrons. The maximum atomic E-state index is 12.7. The van der Waals surface area contributed by atoms with E-state index in [4.69, 9.17) is 0 Å². The van der Waals surface area contributed by atoms with Crippen molar-refractivity contribution in [2.24, 2.45) is 0 Å². The summed E-state index contributed by atoms with van der Waals surface area (Å²) in [5, 5.41) is 10.2. The number of halogens is 3. The van der Waals surface area contributed by atoms with Crippen LogP contribution in [0.2, 0.25) is 0 Å². The topological polar surface area (TPSA) is 56.0 Å². The van der Waals surface area contributed by atoms with Crippen molar-refractivity contribution in [3.8, 4) is 0 Å². The van der Waals surface area contributed by atoms with Gasteiger partial charge in [-0.2, -0.15) is 4.39 Å². The Labute approximate surface area is 76.5 Å². The maximum Gasteiger partial charge on any atom is 0.375 e. The van der Waals surface area contributed by atoms with Crippen LogP contribution in [0.5, 0.6) is 0 Å². The molecule has 0 aromatic carbocycles. The van der Waals surface area contributed by atoms with Gasteiger partial charge >= 0.3 is 11.8 Å². The van der Waals surface area contributed by atoms with Gasteiger partial charge in [0.15, 0.2) is 0 Å². The number of nitro groups is 1. The summed E-state index contributed by atoms with van der Waals surface area (Å²) in [6.07, 6.45) is -3.04. The first-order chi connectivity index (χ1) is 6.43. The molecule has 0 aliphatic rings. The second kappa shape index (κ2) is 3.60. The Bertz CT molecular complexity index is 381. The fraction of sp³-hybridized carbons (Fsp3) is 0.286. The van der Waals surface area contributed by atoms with E-state index in [9.17, 15) is 23.3 Å². The summed E-state index contributed by atoms with van der Waals surface area (Å²) in [5.41, 5.74) is -1.01. The van der Waals surface area contributed by atoms with Gasteiger partial charge in [0.1, 0.15) is 5.56 Å². The monoisotopic (exact) mass is 206 g/mol. The van der Waals surface area contributed by atoms with Gasteiger partial charge in [0.25, 0.3) is 6.43 Å². The van der Waals surface area contributed by atoms with E-state index in [-0.39, 0.29) is 5.56 Å². The van der Waals surface area contributed by atoms with Crippen LogP contribution in [0.15, 0.2) is 6.07 Å². The van der Waals surface area contributed by atoms with Gasteiger partial charge in [-0.05, 0) is 22.9 Å². The zero-order valence-corrected chi connectivity index (χ0v) is 7.00. The second-order valence-electron chi connectivity index (χ2n) is 2.57. The van der Waals surface area contributed by atoms with E-state index in [1.807, 2.05) is 0 Å². The number of aromatic nitrogens is 1. The molecule has 0 unspecified atom stereocenters. The van der Waals surface area contributed by atoms with Crippen LogP contribution in [0, 0.1) is 23.0 Å². The van der Waals surface area contributed by atoms with Crippen LogP contribution in [-0.4, -0.2) is 9.91 Å². The number of nitrogens with zero attached hydrogens (tertiary/aromatic N) is 2. The van der Waals surface area contributed by atoms with Gasteiger partial charge in [0.05, 0.1) is 0 Å². The Balaban J connectivity index is 3.39. The van der Waals surface area contributed by atoms with E-state index >= 15 is 0 Å². The minimum absolute atomic E-state index is 0.147. The molecule has 0 saturated heterocycles. The first-order valence-electron chi connectivity index (χ1n) is 3.53. The highest BCUT2D eigenvalue weighted by Crippen LogP contribution is 2.28. The standard InChI is InChI=1S/C7H5F3N2O2/c1-3-2-4(5(8)9)7(12(13)14)11-6(3)10/h2,5H,1H3. The molecule has 1 aromatic heterocycles. The lowest BCUT2D eigenvalue weighted by molar-refractivity contribution is -0.391. The third kappa shape index (κ3) is 1.81. The Kier molecular flexibility index (Phi) is 2.68. The van der Waals surface area contributed by atoms with E-state index < -0.39 is 28.7 Å². The highest BCUT2D eigenvalue weighted by molar-refractivity contribution is 5.36. The zero-order valence-electron chi connectivity index (χ0n) is 7.00. The molecule has 0 amide bonds. The molecule has 1 aromatic rings. The summed E-state index contributed by atoms with van der Waals surface area (Å²) < 4.78 is 37.2. The Morgan fingerprint density at radius 3 is 2.57 bits per heavy atom. The van der Waals surface area contributed by atoms with Crippen LogP contribution in [0.4, 0.5) is 19.0 Å². The highest BCUT2D eigenvalue weighted by Gasteiger charge is 2.26. The largest absolute Gasteiger partial charge is 0.375 e. The van der Waals surface area contributed by atoms with Gasteiger partial charge in [-0.15, -0.1) is 0 Å².